The number of nitrogens with zero attached hydrogens (tertiary/aromatic N) is 1. The molecule has 1 heterocycles. The molecule has 0 fully saturated rings. The fourth-order valence-corrected chi connectivity index (χ4v) is 2.25. The molecule has 0 atom stereocenters. The first-order valence-electron chi connectivity index (χ1n) is 7.23. The van der Waals surface area contributed by atoms with E-state index in [0.29, 0.717) is 18.5 Å². The standard InChI is InChI=1S/C17H21NO4/c1-5-10-21-15(19)13-6-7-14-12(11-13)8-9-18(14)16(20)22-17(2,3)4/h5-7,11H,1,8-10H2,2-4H3. The van der Waals surface area contributed by atoms with Gasteiger partial charge in [0.2, 0.25) is 0 Å². The van der Waals surface area contributed by atoms with Crippen LogP contribution in [0.5, 0.6) is 0 Å². The number of ether oxygens (including phenoxy) is 2. The predicted octanol–water partition coefficient (Wildman–Crippen LogP) is 3.33. The highest BCUT2D eigenvalue weighted by molar-refractivity contribution is 5.94. The smallest absolute Gasteiger partial charge is 0.414 e. The van der Waals surface area contributed by atoms with Crippen LogP contribution in [0.25, 0.3) is 0 Å². The fourth-order valence-electron chi connectivity index (χ4n) is 2.25. The third-order valence-corrected chi connectivity index (χ3v) is 3.16. The number of carbonyl (C=O) groups excluding carboxylic acids is 2. The van der Waals surface area contributed by atoms with Gasteiger partial charge in [0.05, 0.1) is 11.3 Å². The van der Waals surface area contributed by atoms with Crippen molar-refractivity contribution in [2.45, 2.75) is 32.8 Å². The van der Waals surface area contributed by atoms with Crippen LogP contribution in [-0.4, -0.2) is 30.8 Å². The molecular weight excluding hydrogens is 282 g/mol. The van der Waals surface area contributed by atoms with Gasteiger partial charge in [-0.2, -0.15) is 0 Å². The van der Waals surface area contributed by atoms with Crippen LogP contribution in [0.1, 0.15) is 36.7 Å². The Balaban J connectivity index is 2.15. The van der Waals surface area contributed by atoms with E-state index in [1.165, 1.54) is 6.08 Å². The Morgan fingerprint density at radius 1 is 1.36 bits per heavy atom. The molecule has 0 saturated heterocycles. The fraction of sp³-hybridized carbons (Fsp3) is 0.412. The van der Waals surface area contributed by atoms with Crippen molar-refractivity contribution in [1.29, 1.82) is 0 Å². The van der Waals surface area contributed by atoms with Crippen LogP contribution in [0.15, 0.2) is 30.9 Å². The highest BCUT2D eigenvalue weighted by Crippen LogP contribution is 2.30. The van der Waals surface area contributed by atoms with E-state index in [9.17, 15) is 9.59 Å². The molecule has 0 unspecified atom stereocenters. The zero-order chi connectivity index (χ0) is 16.3. The highest BCUT2D eigenvalue weighted by Gasteiger charge is 2.29. The van der Waals surface area contributed by atoms with Gasteiger partial charge >= 0.3 is 12.1 Å². The lowest BCUT2D eigenvalue weighted by atomic mass is 10.1. The minimum Gasteiger partial charge on any atom is -0.458 e. The number of hydrogen-bond donors (Lipinski definition) is 0. The van der Waals surface area contributed by atoms with Gasteiger partial charge in [0, 0.05) is 6.54 Å². The molecule has 1 aliphatic rings. The second kappa shape index (κ2) is 6.22. The van der Waals surface area contributed by atoms with Crippen LogP contribution in [0.4, 0.5) is 10.5 Å². The maximum Gasteiger partial charge on any atom is 0.414 e. The zero-order valence-corrected chi connectivity index (χ0v) is 13.2. The number of rotatable bonds is 3. The lowest BCUT2D eigenvalue weighted by molar-refractivity contribution is 0.0547. The summed E-state index contributed by atoms with van der Waals surface area (Å²) in [5, 5.41) is 0. The molecule has 2 rings (SSSR count). The van der Waals surface area contributed by atoms with E-state index in [2.05, 4.69) is 6.58 Å². The van der Waals surface area contributed by atoms with Crippen LogP contribution >= 0.6 is 0 Å². The second-order valence-corrected chi connectivity index (χ2v) is 6.11. The number of esters is 1. The minimum absolute atomic E-state index is 0.181. The minimum atomic E-state index is -0.533. The lowest BCUT2D eigenvalue weighted by Crippen LogP contribution is -2.35. The Hall–Kier alpha value is -2.30. The van der Waals surface area contributed by atoms with Gasteiger partial charge in [0.15, 0.2) is 0 Å². The van der Waals surface area contributed by atoms with E-state index in [4.69, 9.17) is 9.47 Å². The van der Waals surface area contributed by atoms with Crippen LogP contribution < -0.4 is 4.90 Å². The summed E-state index contributed by atoms with van der Waals surface area (Å²) < 4.78 is 10.4. The summed E-state index contributed by atoms with van der Waals surface area (Å²) in [5.74, 6) is -0.390. The van der Waals surface area contributed by atoms with Gasteiger partial charge in [-0.15, -0.1) is 0 Å². The average Bonchev–Trinajstić information content (AvgIpc) is 2.85. The van der Waals surface area contributed by atoms with Gasteiger partial charge in [-0.05, 0) is 51.0 Å². The van der Waals surface area contributed by atoms with Crippen molar-refractivity contribution in [3.05, 3.63) is 42.0 Å². The molecule has 1 aliphatic heterocycles. The molecule has 5 nitrogen and oxygen atoms in total. The molecule has 1 amide bonds. The van der Waals surface area contributed by atoms with E-state index in [1.54, 1.807) is 23.1 Å². The number of benzene rings is 1. The van der Waals surface area contributed by atoms with Gasteiger partial charge in [-0.1, -0.05) is 12.7 Å². The van der Waals surface area contributed by atoms with Crippen LogP contribution in [-0.2, 0) is 15.9 Å². The van der Waals surface area contributed by atoms with E-state index >= 15 is 0 Å². The summed E-state index contributed by atoms with van der Waals surface area (Å²) in [4.78, 5) is 25.6. The maximum absolute atomic E-state index is 12.2. The zero-order valence-electron chi connectivity index (χ0n) is 13.2. The topological polar surface area (TPSA) is 55.8 Å². The molecule has 0 bridgehead atoms. The van der Waals surface area contributed by atoms with Crippen LogP contribution in [0.3, 0.4) is 0 Å². The van der Waals surface area contributed by atoms with Gasteiger partial charge in [-0.25, -0.2) is 9.59 Å². The highest BCUT2D eigenvalue weighted by atomic mass is 16.6. The number of carbonyl (C=O) groups is 2. The molecule has 0 aromatic heterocycles. The summed E-state index contributed by atoms with van der Waals surface area (Å²) in [7, 11) is 0. The molecular formula is C17H21NO4. The van der Waals surface area contributed by atoms with Crippen molar-refractivity contribution in [1.82, 2.24) is 0 Å². The largest absolute Gasteiger partial charge is 0.458 e. The summed E-state index contributed by atoms with van der Waals surface area (Å²) in [6.45, 7) is 9.74. The van der Waals surface area contributed by atoms with E-state index in [-0.39, 0.29) is 12.7 Å². The van der Waals surface area contributed by atoms with Crippen molar-refractivity contribution in [2.24, 2.45) is 0 Å². The van der Waals surface area contributed by atoms with Gasteiger partial charge in [-0.3, -0.25) is 4.90 Å². The summed E-state index contributed by atoms with van der Waals surface area (Å²) in [6, 6.07) is 5.19. The van der Waals surface area contributed by atoms with Gasteiger partial charge in [0.25, 0.3) is 0 Å². The third-order valence-electron chi connectivity index (χ3n) is 3.16. The number of anilines is 1. The first-order valence-corrected chi connectivity index (χ1v) is 7.23. The number of amides is 1. The van der Waals surface area contributed by atoms with Crippen LogP contribution in [0, 0.1) is 0 Å². The Kier molecular flexibility index (Phi) is 4.54. The van der Waals surface area contributed by atoms with Crippen molar-refractivity contribution >= 4 is 17.7 Å². The van der Waals surface area contributed by atoms with E-state index < -0.39 is 11.6 Å². The first-order chi connectivity index (χ1) is 10.3. The summed E-state index contributed by atoms with van der Waals surface area (Å²) in [6.07, 6.45) is 1.85. The Labute approximate surface area is 130 Å². The van der Waals surface area contributed by atoms with Gasteiger partial charge in [0.1, 0.15) is 12.2 Å². The molecule has 1 aromatic rings. The molecule has 118 valence electrons. The Morgan fingerprint density at radius 3 is 2.73 bits per heavy atom. The molecule has 0 N–H and O–H groups in total. The van der Waals surface area contributed by atoms with Crippen molar-refractivity contribution in [3.63, 3.8) is 0 Å². The molecule has 0 radical (unpaired) electrons. The normalized spacial score (nSPS) is 13.5. The average molecular weight is 303 g/mol. The first kappa shape index (κ1) is 16.1. The molecule has 22 heavy (non-hydrogen) atoms. The van der Waals surface area contributed by atoms with Crippen LogP contribution in [0.2, 0.25) is 0 Å². The van der Waals surface area contributed by atoms with E-state index in [1.807, 2.05) is 20.8 Å². The molecule has 0 saturated carbocycles. The quantitative estimate of drug-likeness (QED) is 0.635. The van der Waals surface area contributed by atoms with Gasteiger partial charge < -0.3 is 9.47 Å². The molecule has 5 heteroatoms. The SMILES string of the molecule is C=CCOC(=O)c1ccc2c(c1)CCN2C(=O)OC(C)(C)C. The van der Waals surface area contributed by atoms with E-state index in [0.717, 1.165) is 11.3 Å². The predicted molar refractivity (Wildman–Crippen MR) is 84.2 cm³/mol. The van der Waals surface area contributed by atoms with Crippen molar-refractivity contribution in [3.8, 4) is 0 Å². The number of fused-ring (bicyclic) bond motifs is 1. The second-order valence-electron chi connectivity index (χ2n) is 6.11. The monoisotopic (exact) mass is 303 g/mol. The lowest BCUT2D eigenvalue weighted by Gasteiger charge is -2.24. The Bertz CT molecular complexity index is 601. The third kappa shape index (κ3) is 3.67. The Morgan fingerprint density at radius 2 is 2.09 bits per heavy atom. The number of hydrogen-bond acceptors (Lipinski definition) is 4. The maximum atomic E-state index is 12.2. The molecule has 0 aliphatic carbocycles. The summed E-state index contributed by atoms with van der Waals surface area (Å²) in [5.41, 5.74) is 1.67. The molecule has 1 aromatic carbocycles. The van der Waals surface area contributed by atoms with Crippen molar-refractivity contribution < 1.29 is 19.1 Å². The van der Waals surface area contributed by atoms with Crippen molar-refractivity contribution in [2.75, 3.05) is 18.1 Å². The summed E-state index contributed by atoms with van der Waals surface area (Å²) >= 11 is 0. The molecule has 0 spiro atoms.